The highest BCUT2D eigenvalue weighted by molar-refractivity contribution is 7.09. The largest absolute Gasteiger partial charge is 0.357 e. The van der Waals surface area contributed by atoms with E-state index in [2.05, 4.69) is 53.5 Å². The Bertz CT molecular complexity index is 464. The monoisotopic (exact) mass is 350 g/mol. The molecule has 2 rings (SSSR count). The van der Waals surface area contributed by atoms with Crippen molar-refractivity contribution in [2.24, 2.45) is 10.9 Å². The number of nitrogens with zero attached hydrogens (tertiary/aromatic N) is 3. The zero-order valence-corrected chi connectivity index (χ0v) is 16.4. The summed E-state index contributed by atoms with van der Waals surface area (Å²) >= 11 is 1.84. The van der Waals surface area contributed by atoms with E-state index in [4.69, 9.17) is 4.99 Å². The van der Waals surface area contributed by atoms with Crippen LogP contribution in [0.5, 0.6) is 0 Å². The maximum atomic E-state index is 4.92. The molecule has 1 N–H and O–H groups in total. The van der Waals surface area contributed by atoms with Gasteiger partial charge in [0.2, 0.25) is 0 Å². The maximum absolute atomic E-state index is 4.92. The molecule has 0 amide bonds. The van der Waals surface area contributed by atoms with Crippen LogP contribution in [-0.2, 0) is 6.42 Å². The topological polar surface area (TPSA) is 30.9 Å². The van der Waals surface area contributed by atoms with Crippen molar-refractivity contribution < 1.29 is 0 Å². The lowest BCUT2D eigenvalue weighted by Gasteiger charge is -2.31. The molecule has 5 heteroatoms. The minimum absolute atomic E-state index is 0.748. The minimum Gasteiger partial charge on any atom is -0.357 e. The molecule has 1 aliphatic heterocycles. The molecule has 0 saturated carbocycles. The third-order valence-electron chi connectivity index (χ3n) is 4.72. The van der Waals surface area contributed by atoms with Crippen LogP contribution in [0.1, 0.15) is 38.0 Å². The van der Waals surface area contributed by atoms with E-state index in [9.17, 15) is 0 Å². The predicted octanol–water partition coefficient (Wildman–Crippen LogP) is 3.31. The highest BCUT2D eigenvalue weighted by Gasteiger charge is 2.18. The zero-order valence-electron chi connectivity index (χ0n) is 15.6. The van der Waals surface area contributed by atoms with Crippen molar-refractivity contribution in [2.75, 3.05) is 46.3 Å². The van der Waals surface area contributed by atoms with E-state index in [-0.39, 0.29) is 0 Å². The Hall–Kier alpha value is -1.07. The standard InChI is InChI=1S/C19H34N4S/c1-4-11-23-13-8-17(9-14-23)16-21-19(20-5-2)22(3)12-10-18-7-6-15-24-18/h6-7,15,17H,4-5,8-14,16H2,1-3H3,(H,20,21). The van der Waals surface area contributed by atoms with Gasteiger partial charge in [0.1, 0.15) is 0 Å². The van der Waals surface area contributed by atoms with Gasteiger partial charge in [0.05, 0.1) is 0 Å². The van der Waals surface area contributed by atoms with Crippen LogP contribution in [0.2, 0.25) is 0 Å². The van der Waals surface area contributed by atoms with Gasteiger partial charge in [-0.15, -0.1) is 11.3 Å². The molecule has 136 valence electrons. The molecule has 0 atom stereocenters. The van der Waals surface area contributed by atoms with Crippen molar-refractivity contribution in [2.45, 2.75) is 39.5 Å². The molecule has 1 aromatic rings. The Kier molecular flexibility index (Phi) is 8.60. The van der Waals surface area contributed by atoms with Crippen molar-refractivity contribution >= 4 is 17.3 Å². The summed E-state index contributed by atoms with van der Waals surface area (Å²) in [5, 5.41) is 5.60. The van der Waals surface area contributed by atoms with E-state index in [0.29, 0.717) is 0 Å². The van der Waals surface area contributed by atoms with Crippen LogP contribution in [0.4, 0.5) is 0 Å². The fourth-order valence-corrected chi connectivity index (χ4v) is 3.93. The summed E-state index contributed by atoms with van der Waals surface area (Å²) in [6.45, 7) is 11.1. The van der Waals surface area contributed by atoms with E-state index in [0.717, 1.165) is 37.9 Å². The van der Waals surface area contributed by atoms with Gasteiger partial charge in [-0.1, -0.05) is 13.0 Å². The second-order valence-electron chi connectivity index (χ2n) is 6.73. The fraction of sp³-hybridized carbons (Fsp3) is 0.737. The van der Waals surface area contributed by atoms with E-state index in [1.807, 2.05) is 11.3 Å². The van der Waals surface area contributed by atoms with Gasteiger partial charge < -0.3 is 15.1 Å². The highest BCUT2D eigenvalue weighted by Crippen LogP contribution is 2.17. The SMILES string of the molecule is CCCN1CCC(CN=C(NCC)N(C)CCc2cccs2)CC1. The number of aliphatic imine (C=N–C) groups is 1. The van der Waals surface area contributed by atoms with Crippen molar-refractivity contribution in [3.05, 3.63) is 22.4 Å². The first-order chi connectivity index (χ1) is 11.7. The molecule has 1 saturated heterocycles. The zero-order chi connectivity index (χ0) is 17.2. The lowest BCUT2D eigenvalue weighted by atomic mass is 9.97. The fourth-order valence-electron chi connectivity index (χ4n) is 3.23. The third kappa shape index (κ3) is 6.44. The van der Waals surface area contributed by atoms with Crippen molar-refractivity contribution in [1.82, 2.24) is 15.1 Å². The summed E-state index contributed by atoms with van der Waals surface area (Å²) in [4.78, 5) is 11.2. The lowest BCUT2D eigenvalue weighted by Crippen LogP contribution is -2.40. The van der Waals surface area contributed by atoms with Crippen LogP contribution in [0.15, 0.2) is 22.5 Å². The van der Waals surface area contributed by atoms with Crippen molar-refractivity contribution in [3.8, 4) is 0 Å². The number of hydrogen-bond acceptors (Lipinski definition) is 3. The quantitative estimate of drug-likeness (QED) is 0.576. The number of piperidine rings is 1. The Labute approximate surface area is 152 Å². The molecule has 1 fully saturated rings. The summed E-state index contributed by atoms with van der Waals surface area (Å²) in [5.41, 5.74) is 0. The number of nitrogens with one attached hydrogen (secondary N) is 1. The van der Waals surface area contributed by atoms with Crippen LogP contribution in [0.25, 0.3) is 0 Å². The smallest absolute Gasteiger partial charge is 0.193 e. The first-order valence-corrected chi connectivity index (χ1v) is 10.3. The average Bonchev–Trinajstić information content (AvgIpc) is 3.11. The van der Waals surface area contributed by atoms with Gasteiger partial charge in [-0.25, -0.2) is 0 Å². The second kappa shape index (κ2) is 10.7. The minimum atomic E-state index is 0.748. The summed E-state index contributed by atoms with van der Waals surface area (Å²) < 4.78 is 0. The van der Waals surface area contributed by atoms with E-state index in [1.165, 1.54) is 43.8 Å². The van der Waals surface area contributed by atoms with Crippen molar-refractivity contribution in [1.29, 1.82) is 0 Å². The van der Waals surface area contributed by atoms with Gasteiger partial charge in [-0.3, -0.25) is 4.99 Å². The third-order valence-corrected chi connectivity index (χ3v) is 5.65. The van der Waals surface area contributed by atoms with Crippen molar-refractivity contribution in [3.63, 3.8) is 0 Å². The summed E-state index contributed by atoms with van der Waals surface area (Å²) in [6, 6.07) is 4.34. The molecule has 0 spiro atoms. The number of likely N-dealkylation sites (tertiary alicyclic amines) is 1. The summed E-state index contributed by atoms with van der Waals surface area (Å²) in [7, 11) is 2.15. The first kappa shape index (κ1) is 19.3. The van der Waals surface area contributed by atoms with Gasteiger partial charge in [-0.05, 0) is 69.6 Å². The molecule has 1 aliphatic rings. The predicted molar refractivity (Wildman–Crippen MR) is 106 cm³/mol. The average molecular weight is 351 g/mol. The Morgan fingerprint density at radius 2 is 2.17 bits per heavy atom. The number of hydrogen-bond donors (Lipinski definition) is 1. The number of likely N-dealkylation sites (N-methyl/N-ethyl adjacent to an activating group) is 1. The van der Waals surface area contributed by atoms with E-state index < -0.39 is 0 Å². The van der Waals surface area contributed by atoms with Gasteiger partial charge in [0.25, 0.3) is 0 Å². The molecule has 0 radical (unpaired) electrons. The summed E-state index contributed by atoms with van der Waals surface area (Å²) in [5.74, 6) is 1.81. The molecular weight excluding hydrogens is 316 g/mol. The van der Waals surface area contributed by atoms with E-state index >= 15 is 0 Å². The normalized spacial score (nSPS) is 17.2. The Balaban J connectivity index is 1.79. The van der Waals surface area contributed by atoms with Crippen LogP contribution in [0, 0.1) is 5.92 Å². The van der Waals surface area contributed by atoms with Gasteiger partial charge in [0.15, 0.2) is 5.96 Å². The highest BCUT2D eigenvalue weighted by atomic mass is 32.1. The Morgan fingerprint density at radius 3 is 2.79 bits per heavy atom. The van der Waals surface area contributed by atoms with Gasteiger partial charge >= 0.3 is 0 Å². The van der Waals surface area contributed by atoms with Crippen LogP contribution in [-0.4, -0.2) is 62.1 Å². The summed E-state index contributed by atoms with van der Waals surface area (Å²) in [6.07, 6.45) is 4.94. The molecular formula is C19H34N4S. The van der Waals surface area contributed by atoms with E-state index in [1.54, 1.807) is 0 Å². The molecule has 0 aromatic carbocycles. The molecule has 24 heavy (non-hydrogen) atoms. The number of guanidine groups is 1. The molecule has 4 nitrogen and oxygen atoms in total. The maximum Gasteiger partial charge on any atom is 0.193 e. The van der Waals surface area contributed by atoms with Gasteiger partial charge in [0, 0.05) is 31.6 Å². The number of rotatable bonds is 8. The molecule has 0 unspecified atom stereocenters. The second-order valence-corrected chi connectivity index (χ2v) is 7.76. The van der Waals surface area contributed by atoms with Crippen LogP contribution < -0.4 is 5.32 Å². The lowest BCUT2D eigenvalue weighted by molar-refractivity contribution is 0.188. The first-order valence-electron chi connectivity index (χ1n) is 9.47. The Morgan fingerprint density at radius 1 is 1.38 bits per heavy atom. The molecule has 0 bridgehead atoms. The molecule has 2 heterocycles. The van der Waals surface area contributed by atoms with Gasteiger partial charge in [-0.2, -0.15) is 0 Å². The number of thiophene rings is 1. The molecule has 1 aromatic heterocycles. The molecule has 0 aliphatic carbocycles. The van der Waals surface area contributed by atoms with Crippen LogP contribution in [0.3, 0.4) is 0 Å². The van der Waals surface area contributed by atoms with Crippen LogP contribution >= 0.6 is 11.3 Å².